The molecule has 1 saturated carbocycles. The first-order valence-electron chi connectivity index (χ1n) is 9.86. The van der Waals surface area contributed by atoms with Crippen LogP contribution in [0.2, 0.25) is 0 Å². The molecule has 0 bridgehead atoms. The van der Waals surface area contributed by atoms with Gasteiger partial charge in [-0.15, -0.1) is 12.4 Å². The summed E-state index contributed by atoms with van der Waals surface area (Å²) in [6.07, 6.45) is 6.36. The predicted octanol–water partition coefficient (Wildman–Crippen LogP) is 4.35. The monoisotopic (exact) mass is 398 g/mol. The molecule has 28 heavy (non-hydrogen) atoms. The van der Waals surface area contributed by atoms with Crippen LogP contribution in [0.3, 0.4) is 0 Å². The number of H-pyrrole nitrogens is 1. The zero-order chi connectivity index (χ0) is 18.5. The van der Waals surface area contributed by atoms with Gasteiger partial charge in [0.25, 0.3) is 5.56 Å². The van der Waals surface area contributed by atoms with Gasteiger partial charge in [0.1, 0.15) is 0 Å². The van der Waals surface area contributed by atoms with E-state index in [2.05, 4.69) is 33.0 Å². The molecule has 1 aliphatic rings. The fourth-order valence-electron chi connectivity index (χ4n) is 3.36. The smallest absolute Gasteiger partial charge is 0.272 e. The normalized spacial score (nSPS) is 13.3. The summed E-state index contributed by atoms with van der Waals surface area (Å²) in [4.78, 5) is 12.0. The molecule has 0 unspecified atom stereocenters. The molecule has 0 atom stereocenters. The number of nitrogens with one attached hydrogen (secondary N) is 3. The van der Waals surface area contributed by atoms with Crippen molar-refractivity contribution >= 4 is 28.9 Å². The van der Waals surface area contributed by atoms with Crippen molar-refractivity contribution in [2.24, 2.45) is 0 Å². The molecule has 1 aromatic heterocycles. The van der Waals surface area contributed by atoms with Gasteiger partial charge in [0.2, 0.25) is 0 Å². The maximum Gasteiger partial charge on any atom is 0.272 e. The molecule has 1 fully saturated rings. The molecule has 2 aromatic carbocycles. The van der Waals surface area contributed by atoms with Crippen LogP contribution in [0.5, 0.6) is 0 Å². The molecule has 0 amide bonds. The zero-order valence-electron chi connectivity index (χ0n) is 15.9. The summed E-state index contributed by atoms with van der Waals surface area (Å²) in [5.41, 5.74) is 2.74. The van der Waals surface area contributed by atoms with Gasteiger partial charge in [0.15, 0.2) is 0 Å². The second kappa shape index (κ2) is 9.71. The maximum absolute atomic E-state index is 12.0. The van der Waals surface area contributed by atoms with Gasteiger partial charge in [0.05, 0.1) is 11.1 Å². The van der Waals surface area contributed by atoms with Crippen LogP contribution in [0.15, 0.2) is 53.3 Å². The van der Waals surface area contributed by atoms with Crippen molar-refractivity contribution in [1.82, 2.24) is 15.5 Å². The Hall–Kier alpha value is -2.37. The van der Waals surface area contributed by atoms with Gasteiger partial charge in [0, 0.05) is 29.2 Å². The lowest BCUT2D eigenvalue weighted by atomic mass is 10.0. The highest BCUT2D eigenvalue weighted by Crippen LogP contribution is 2.26. The molecule has 5 nitrogen and oxygen atoms in total. The van der Waals surface area contributed by atoms with E-state index >= 15 is 0 Å². The molecule has 4 rings (SSSR count). The van der Waals surface area contributed by atoms with Crippen molar-refractivity contribution in [3.63, 3.8) is 0 Å². The fourth-order valence-corrected chi connectivity index (χ4v) is 3.36. The van der Waals surface area contributed by atoms with Crippen molar-refractivity contribution in [3.05, 3.63) is 58.9 Å². The minimum atomic E-state index is -0.153. The number of nitrogens with zero attached hydrogens (tertiary/aromatic N) is 1. The van der Waals surface area contributed by atoms with Gasteiger partial charge >= 0.3 is 0 Å². The minimum absolute atomic E-state index is 0. The molecule has 0 saturated heterocycles. The topological polar surface area (TPSA) is 69.8 Å². The van der Waals surface area contributed by atoms with Crippen molar-refractivity contribution in [1.29, 1.82) is 0 Å². The zero-order valence-corrected chi connectivity index (χ0v) is 16.7. The van der Waals surface area contributed by atoms with E-state index in [1.54, 1.807) is 0 Å². The fraction of sp³-hybridized carbons (Fsp3) is 0.364. The van der Waals surface area contributed by atoms with Gasteiger partial charge in [-0.3, -0.25) is 4.79 Å². The second-order valence-corrected chi connectivity index (χ2v) is 7.24. The summed E-state index contributed by atoms with van der Waals surface area (Å²) >= 11 is 0. The molecule has 1 aliphatic carbocycles. The summed E-state index contributed by atoms with van der Waals surface area (Å²) in [5, 5.41) is 15.5. The number of unbranched alkanes of at least 4 members (excludes halogenated alkanes) is 2. The maximum atomic E-state index is 12.0. The van der Waals surface area contributed by atoms with Crippen molar-refractivity contribution in [2.45, 2.75) is 38.1 Å². The van der Waals surface area contributed by atoms with Gasteiger partial charge in [-0.25, -0.2) is 5.10 Å². The second-order valence-electron chi connectivity index (χ2n) is 7.24. The summed E-state index contributed by atoms with van der Waals surface area (Å²) in [7, 11) is 0. The molecule has 0 radical (unpaired) electrons. The summed E-state index contributed by atoms with van der Waals surface area (Å²) in [6.45, 7) is 2.11. The van der Waals surface area contributed by atoms with Crippen molar-refractivity contribution < 1.29 is 0 Å². The molecule has 1 heterocycles. The lowest BCUT2D eigenvalue weighted by Gasteiger charge is -2.10. The number of anilines is 1. The number of hydrogen-bond donors (Lipinski definition) is 3. The number of aromatic amines is 1. The largest absolute Gasteiger partial charge is 0.385 e. The van der Waals surface area contributed by atoms with Crippen LogP contribution in [0.4, 0.5) is 5.69 Å². The van der Waals surface area contributed by atoms with E-state index in [-0.39, 0.29) is 18.0 Å². The van der Waals surface area contributed by atoms with Crippen LogP contribution in [0.1, 0.15) is 32.1 Å². The number of hydrogen-bond acceptors (Lipinski definition) is 4. The highest BCUT2D eigenvalue weighted by atomic mass is 35.5. The number of halogens is 1. The summed E-state index contributed by atoms with van der Waals surface area (Å²) in [5.74, 6) is 0. The quantitative estimate of drug-likeness (QED) is 0.469. The van der Waals surface area contributed by atoms with Crippen molar-refractivity contribution in [2.75, 3.05) is 18.4 Å². The first-order chi connectivity index (χ1) is 13.3. The van der Waals surface area contributed by atoms with E-state index in [0.717, 1.165) is 47.9 Å². The summed E-state index contributed by atoms with van der Waals surface area (Å²) < 4.78 is 0. The molecule has 0 spiro atoms. The van der Waals surface area contributed by atoms with Crippen LogP contribution in [-0.2, 0) is 0 Å². The van der Waals surface area contributed by atoms with E-state index in [9.17, 15) is 4.79 Å². The van der Waals surface area contributed by atoms with Crippen LogP contribution in [0, 0.1) is 0 Å². The van der Waals surface area contributed by atoms with Crippen LogP contribution < -0.4 is 16.2 Å². The standard InChI is InChI=1S/C22H26N4O.ClH/c27-22-20-10-3-2-9-19(20)21(25-26-22)16-7-6-8-18(15-16)24-14-5-1-4-13-23-17-11-12-17;/h2-3,6-10,15,17,23-24H,1,4-5,11-14H2,(H,26,27);1H. The van der Waals surface area contributed by atoms with Crippen LogP contribution >= 0.6 is 12.4 Å². The Balaban J connectivity index is 0.00000225. The first-order valence-corrected chi connectivity index (χ1v) is 9.86. The Morgan fingerprint density at radius 1 is 0.964 bits per heavy atom. The minimum Gasteiger partial charge on any atom is -0.385 e. The third-order valence-corrected chi connectivity index (χ3v) is 5.03. The van der Waals surface area contributed by atoms with Crippen LogP contribution in [0.25, 0.3) is 22.0 Å². The first kappa shape index (κ1) is 20.4. The van der Waals surface area contributed by atoms with E-state index < -0.39 is 0 Å². The SMILES string of the molecule is Cl.O=c1[nH]nc(-c2cccc(NCCCCCNC3CC3)c2)c2ccccc12. The Bertz CT molecular complexity index is 968. The van der Waals surface area contributed by atoms with E-state index in [0.29, 0.717) is 5.39 Å². The van der Waals surface area contributed by atoms with E-state index in [1.165, 1.54) is 25.7 Å². The number of fused-ring (bicyclic) bond motifs is 1. The van der Waals surface area contributed by atoms with Crippen LogP contribution in [-0.4, -0.2) is 29.3 Å². The number of aromatic nitrogens is 2. The van der Waals surface area contributed by atoms with Gasteiger partial charge in [-0.1, -0.05) is 36.8 Å². The lowest BCUT2D eigenvalue weighted by Crippen LogP contribution is -2.17. The van der Waals surface area contributed by atoms with Crippen molar-refractivity contribution in [3.8, 4) is 11.3 Å². The Labute approximate surface area is 171 Å². The molecular weight excluding hydrogens is 372 g/mol. The third kappa shape index (κ3) is 5.12. The number of benzene rings is 2. The molecule has 3 N–H and O–H groups in total. The lowest BCUT2D eigenvalue weighted by molar-refractivity contribution is 0.608. The third-order valence-electron chi connectivity index (χ3n) is 5.03. The highest BCUT2D eigenvalue weighted by Gasteiger charge is 2.19. The highest BCUT2D eigenvalue weighted by molar-refractivity contribution is 5.94. The molecular formula is C22H27ClN4O. The molecule has 0 aliphatic heterocycles. The Morgan fingerprint density at radius 2 is 1.75 bits per heavy atom. The van der Waals surface area contributed by atoms with Gasteiger partial charge in [-0.05, 0) is 50.4 Å². The average Bonchev–Trinajstić information content (AvgIpc) is 3.52. The Morgan fingerprint density at radius 3 is 2.57 bits per heavy atom. The molecule has 6 heteroatoms. The van der Waals surface area contributed by atoms with Gasteiger partial charge < -0.3 is 10.6 Å². The van der Waals surface area contributed by atoms with E-state index in [4.69, 9.17) is 0 Å². The average molecular weight is 399 g/mol. The predicted molar refractivity (Wildman–Crippen MR) is 118 cm³/mol. The Kier molecular flexibility index (Phi) is 7.06. The molecule has 3 aromatic rings. The molecule has 148 valence electrons. The number of rotatable bonds is 9. The van der Waals surface area contributed by atoms with E-state index in [1.807, 2.05) is 36.4 Å². The summed E-state index contributed by atoms with van der Waals surface area (Å²) in [6, 6.07) is 16.6. The van der Waals surface area contributed by atoms with Gasteiger partial charge in [-0.2, -0.15) is 5.10 Å².